The van der Waals surface area contributed by atoms with Crippen molar-refractivity contribution in [3.63, 3.8) is 0 Å². The van der Waals surface area contributed by atoms with Gasteiger partial charge in [-0.05, 0) is 31.0 Å². The van der Waals surface area contributed by atoms with Crippen LogP contribution in [0.1, 0.15) is 16.8 Å². The van der Waals surface area contributed by atoms with Crippen LogP contribution < -0.4 is 10.6 Å². The maximum atomic E-state index is 13.5. The lowest BCUT2D eigenvalue weighted by Crippen LogP contribution is -2.19. The van der Waals surface area contributed by atoms with Gasteiger partial charge in [0.25, 0.3) is 0 Å². The summed E-state index contributed by atoms with van der Waals surface area (Å²) in [6.45, 7) is 3.23. The van der Waals surface area contributed by atoms with Gasteiger partial charge in [0, 0.05) is 31.4 Å². The summed E-state index contributed by atoms with van der Waals surface area (Å²) in [4.78, 5) is 2.11. The number of rotatable bonds is 2. The SMILES string of the molecule is Cc1nn(C)c(N2CCc3ccc(F)cc32)c1CN. The van der Waals surface area contributed by atoms with Gasteiger partial charge in [0.1, 0.15) is 11.6 Å². The molecule has 0 radical (unpaired) electrons. The van der Waals surface area contributed by atoms with Crippen LogP contribution in [0.2, 0.25) is 0 Å². The van der Waals surface area contributed by atoms with E-state index in [1.165, 1.54) is 11.6 Å². The number of aryl methyl sites for hydroxylation is 2. The minimum atomic E-state index is -0.209. The van der Waals surface area contributed by atoms with Crippen LogP contribution in [-0.2, 0) is 20.0 Å². The first-order valence-electron chi connectivity index (χ1n) is 6.40. The van der Waals surface area contributed by atoms with Crippen molar-refractivity contribution in [3.05, 3.63) is 40.8 Å². The molecule has 0 fully saturated rings. The number of anilines is 2. The quantitative estimate of drug-likeness (QED) is 0.898. The lowest BCUT2D eigenvalue weighted by Gasteiger charge is -2.21. The van der Waals surface area contributed by atoms with Gasteiger partial charge in [0.2, 0.25) is 0 Å². The summed E-state index contributed by atoms with van der Waals surface area (Å²) in [6, 6.07) is 4.96. The molecule has 2 aromatic rings. The first kappa shape index (κ1) is 12.2. The standard InChI is InChI=1S/C14H17FN4/c1-9-12(8-16)14(18(2)17-9)19-6-5-10-3-4-11(15)7-13(10)19/h3-4,7H,5-6,8,16H2,1-2H3. The minimum absolute atomic E-state index is 0.209. The maximum Gasteiger partial charge on any atom is 0.135 e. The van der Waals surface area contributed by atoms with Gasteiger partial charge < -0.3 is 10.6 Å². The molecule has 1 aromatic heterocycles. The average Bonchev–Trinajstić information content (AvgIpc) is 2.89. The van der Waals surface area contributed by atoms with E-state index >= 15 is 0 Å². The van der Waals surface area contributed by atoms with Gasteiger partial charge >= 0.3 is 0 Å². The number of nitrogens with zero attached hydrogens (tertiary/aromatic N) is 3. The third-order valence-corrected chi connectivity index (χ3v) is 3.72. The van der Waals surface area contributed by atoms with Crippen molar-refractivity contribution in [1.29, 1.82) is 0 Å². The molecule has 1 aliphatic rings. The highest BCUT2D eigenvalue weighted by Gasteiger charge is 2.26. The Morgan fingerprint density at radius 3 is 2.95 bits per heavy atom. The molecule has 0 atom stereocenters. The fraction of sp³-hybridized carbons (Fsp3) is 0.357. The van der Waals surface area contributed by atoms with Crippen LogP contribution >= 0.6 is 0 Å². The summed E-state index contributed by atoms with van der Waals surface area (Å²) in [5, 5.41) is 4.42. The molecule has 4 nitrogen and oxygen atoms in total. The zero-order chi connectivity index (χ0) is 13.6. The Balaban J connectivity index is 2.14. The Morgan fingerprint density at radius 2 is 2.21 bits per heavy atom. The zero-order valence-electron chi connectivity index (χ0n) is 11.2. The third-order valence-electron chi connectivity index (χ3n) is 3.72. The van der Waals surface area contributed by atoms with E-state index < -0.39 is 0 Å². The van der Waals surface area contributed by atoms with Gasteiger partial charge in [0.05, 0.1) is 5.69 Å². The second-order valence-corrected chi connectivity index (χ2v) is 4.89. The minimum Gasteiger partial charge on any atom is -0.326 e. The maximum absolute atomic E-state index is 13.5. The Kier molecular flexibility index (Phi) is 2.78. The highest BCUT2D eigenvalue weighted by molar-refractivity contribution is 5.70. The molecule has 0 aliphatic carbocycles. The Labute approximate surface area is 111 Å². The van der Waals surface area contributed by atoms with E-state index in [0.717, 1.165) is 35.7 Å². The predicted molar refractivity (Wildman–Crippen MR) is 72.9 cm³/mol. The van der Waals surface area contributed by atoms with Crippen LogP contribution in [0.4, 0.5) is 15.9 Å². The molecule has 0 spiro atoms. The van der Waals surface area contributed by atoms with E-state index in [1.54, 1.807) is 6.07 Å². The van der Waals surface area contributed by atoms with Crippen LogP contribution in [0.5, 0.6) is 0 Å². The largest absolute Gasteiger partial charge is 0.326 e. The first-order valence-corrected chi connectivity index (χ1v) is 6.40. The molecule has 0 bridgehead atoms. The van der Waals surface area contributed by atoms with Crippen LogP contribution in [0, 0.1) is 12.7 Å². The van der Waals surface area contributed by atoms with Crippen molar-refractivity contribution in [1.82, 2.24) is 9.78 Å². The zero-order valence-corrected chi connectivity index (χ0v) is 11.2. The molecule has 0 saturated carbocycles. The topological polar surface area (TPSA) is 47.1 Å². The smallest absolute Gasteiger partial charge is 0.135 e. The van der Waals surface area contributed by atoms with Crippen LogP contribution in [-0.4, -0.2) is 16.3 Å². The average molecular weight is 260 g/mol. The number of hydrogen-bond donors (Lipinski definition) is 1. The van der Waals surface area contributed by atoms with Crippen molar-refractivity contribution >= 4 is 11.5 Å². The molecule has 2 N–H and O–H groups in total. The van der Waals surface area contributed by atoms with E-state index in [-0.39, 0.29) is 5.82 Å². The highest BCUT2D eigenvalue weighted by atomic mass is 19.1. The number of halogens is 1. The Bertz CT molecular complexity index is 633. The van der Waals surface area contributed by atoms with Crippen molar-refractivity contribution < 1.29 is 4.39 Å². The predicted octanol–water partition coefficient (Wildman–Crippen LogP) is 2.02. The molecular weight excluding hydrogens is 243 g/mol. The van der Waals surface area contributed by atoms with Gasteiger partial charge in [-0.25, -0.2) is 4.39 Å². The molecule has 3 rings (SSSR count). The van der Waals surface area contributed by atoms with Gasteiger partial charge in [-0.1, -0.05) is 6.07 Å². The fourth-order valence-corrected chi connectivity index (χ4v) is 2.84. The molecule has 5 heteroatoms. The molecule has 2 heterocycles. The van der Waals surface area contributed by atoms with Crippen molar-refractivity contribution in [2.45, 2.75) is 19.9 Å². The van der Waals surface area contributed by atoms with Crippen LogP contribution in [0.3, 0.4) is 0 Å². The molecule has 100 valence electrons. The highest BCUT2D eigenvalue weighted by Crippen LogP contribution is 2.37. The second-order valence-electron chi connectivity index (χ2n) is 4.89. The molecule has 0 amide bonds. The number of nitrogens with two attached hydrogens (primary N) is 1. The van der Waals surface area contributed by atoms with E-state index in [2.05, 4.69) is 10.00 Å². The summed E-state index contributed by atoms with van der Waals surface area (Å²) in [7, 11) is 1.90. The van der Waals surface area contributed by atoms with E-state index in [4.69, 9.17) is 5.73 Å². The molecule has 19 heavy (non-hydrogen) atoms. The number of benzene rings is 1. The summed E-state index contributed by atoms with van der Waals surface area (Å²) in [5.41, 5.74) is 9.89. The molecule has 0 saturated heterocycles. The summed E-state index contributed by atoms with van der Waals surface area (Å²) < 4.78 is 15.3. The van der Waals surface area contributed by atoms with Crippen LogP contribution in [0.25, 0.3) is 0 Å². The molecular formula is C14H17FN4. The van der Waals surface area contributed by atoms with Crippen molar-refractivity contribution in [2.24, 2.45) is 12.8 Å². The van der Waals surface area contributed by atoms with Gasteiger partial charge in [-0.2, -0.15) is 5.10 Å². The lowest BCUT2D eigenvalue weighted by molar-refractivity contribution is 0.627. The molecule has 0 unspecified atom stereocenters. The first-order chi connectivity index (χ1) is 9.11. The van der Waals surface area contributed by atoms with Crippen molar-refractivity contribution in [3.8, 4) is 0 Å². The molecule has 1 aliphatic heterocycles. The lowest BCUT2D eigenvalue weighted by atomic mass is 10.1. The van der Waals surface area contributed by atoms with Crippen molar-refractivity contribution in [2.75, 3.05) is 11.4 Å². The van der Waals surface area contributed by atoms with Crippen LogP contribution in [0.15, 0.2) is 18.2 Å². The summed E-state index contributed by atoms with van der Waals surface area (Å²) >= 11 is 0. The Hall–Kier alpha value is -1.88. The fourth-order valence-electron chi connectivity index (χ4n) is 2.84. The summed E-state index contributed by atoms with van der Waals surface area (Å²) in [5.74, 6) is 0.767. The van der Waals surface area contributed by atoms with E-state index in [0.29, 0.717) is 6.54 Å². The molecule has 1 aromatic carbocycles. The third kappa shape index (κ3) is 1.81. The number of aromatic nitrogens is 2. The van der Waals surface area contributed by atoms with Gasteiger partial charge in [-0.3, -0.25) is 4.68 Å². The van der Waals surface area contributed by atoms with Gasteiger partial charge in [-0.15, -0.1) is 0 Å². The second kappa shape index (κ2) is 4.35. The summed E-state index contributed by atoms with van der Waals surface area (Å²) in [6.07, 6.45) is 0.920. The normalized spacial score (nSPS) is 14.0. The number of fused-ring (bicyclic) bond motifs is 1. The monoisotopic (exact) mass is 260 g/mol. The van der Waals surface area contributed by atoms with E-state index in [1.807, 2.05) is 24.7 Å². The Morgan fingerprint density at radius 1 is 1.42 bits per heavy atom. The van der Waals surface area contributed by atoms with E-state index in [9.17, 15) is 4.39 Å². The number of hydrogen-bond acceptors (Lipinski definition) is 3. The van der Waals surface area contributed by atoms with Gasteiger partial charge in [0.15, 0.2) is 0 Å².